The number of ether oxygens (including phenoxy) is 6. The van der Waals surface area contributed by atoms with E-state index in [-0.39, 0.29) is 44.9 Å². The molecule has 3 aromatic carbocycles. The molecule has 0 bridgehead atoms. The maximum atomic E-state index is 13.6. The zero-order valence-electron chi connectivity index (χ0n) is 33.4. The average Bonchev–Trinajstić information content (AvgIpc) is 3.53. The Morgan fingerprint density at radius 2 is 1.53 bits per heavy atom. The molecule has 2 aliphatic heterocycles. The molecular weight excluding hydrogens is 751 g/mol. The minimum absolute atomic E-state index is 0.0193. The SMILES string of the molecule is COc1ccc(C(OC[C@]23OCCO[C@H]2[C@@H](OP(OCCC#N)N(C(C)C)C(C)C)[C@H](n2cc(C)c(=O)[nH]c2=O)O3)(c2ccccc2)c2ccc(OC)cc2)cc1. The largest absolute Gasteiger partial charge is 0.497 e. The summed E-state index contributed by atoms with van der Waals surface area (Å²) in [4.78, 5) is 28.6. The van der Waals surface area contributed by atoms with E-state index < -0.39 is 49.6 Å². The summed E-state index contributed by atoms with van der Waals surface area (Å²) in [6, 6.07) is 27.2. The highest BCUT2D eigenvalue weighted by Crippen LogP contribution is 2.54. The van der Waals surface area contributed by atoms with E-state index in [1.54, 1.807) is 21.1 Å². The van der Waals surface area contributed by atoms with Gasteiger partial charge in [0.25, 0.3) is 14.1 Å². The number of hydrogen-bond donors (Lipinski definition) is 1. The molecule has 304 valence electrons. The molecule has 0 spiro atoms. The van der Waals surface area contributed by atoms with E-state index in [0.29, 0.717) is 17.1 Å². The Kier molecular flexibility index (Phi) is 13.7. The number of benzene rings is 3. The van der Waals surface area contributed by atoms with E-state index in [1.807, 2.05) is 107 Å². The number of aromatic nitrogens is 2. The standard InChI is InChI=1S/C42H51N4O10P/c1-28(2)46(29(3)4)57(54-23-11-22-43)56-36-37-41(52-25-24-51-37,55-39(36)45-26-30(5)38(47)44-40(45)48)27-53-42(31-12-9-8-10-13-31,32-14-18-34(49-6)19-15-32)33-16-20-35(50-7)21-17-33/h8-10,12-21,26,28-29,36-37,39H,11,23-25,27H2,1-7H3,(H,44,47,48)/t36-,37+,39-,41-,57?/m1/s1. The van der Waals surface area contributed by atoms with E-state index in [4.69, 9.17) is 37.5 Å². The maximum absolute atomic E-state index is 13.6. The minimum Gasteiger partial charge on any atom is -0.497 e. The van der Waals surface area contributed by atoms with E-state index in [1.165, 1.54) is 10.8 Å². The van der Waals surface area contributed by atoms with Crippen LogP contribution in [0.3, 0.4) is 0 Å². The van der Waals surface area contributed by atoms with Gasteiger partial charge in [0.05, 0.1) is 46.5 Å². The first kappa shape index (κ1) is 42.2. The Bertz CT molecular complexity index is 2030. The highest BCUT2D eigenvalue weighted by Gasteiger charge is 2.62. The fraction of sp³-hybridized carbons (Fsp3) is 0.452. The van der Waals surface area contributed by atoms with E-state index in [2.05, 4.69) is 15.7 Å². The molecule has 1 unspecified atom stereocenters. The second-order valence-corrected chi connectivity index (χ2v) is 15.8. The Morgan fingerprint density at radius 1 is 0.930 bits per heavy atom. The van der Waals surface area contributed by atoms with Crippen LogP contribution in [0.15, 0.2) is 94.6 Å². The van der Waals surface area contributed by atoms with Gasteiger partial charge in [-0.1, -0.05) is 54.6 Å². The predicted molar refractivity (Wildman–Crippen MR) is 213 cm³/mol. The Labute approximate surface area is 334 Å². The van der Waals surface area contributed by atoms with Crippen molar-refractivity contribution in [2.24, 2.45) is 0 Å². The predicted octanol–water partition coefficient (Wildman–Crippen LogP) is 6.17. The molecule has 15 heteroatoms. The zero-order chi connectivity index (χ0) is 40.7. The van der Waals surface area contributed by atoms with Gasteiger partial charge in [-0.15, -0.1) is 0 Å². The van der Waals surface area contributed by atoms with Gasteiger partial charge in [-0.3, -0.25) is 14.3 Å². The van der Waals surface area contributed by atoms with Crippen LogP contribution in [0.1, 0.15) is 62.6 Å². The third kappa shape index (κ3) is 8.72. The molecule has 4 aromatic rings. The molecule has 3 heterocycles. The first-order chi connectivity index (χ1) is 27.5. The maximum Gasteiger partial charge on any atom is 0.330 e. The van der Waals surface area contributed by atoms with Crippen LogP contribution in [-0.4, -0.2) is 84.9 Å². The summed E-state index contributed by atoms with van der Waals surface area (Å²) in [5, 5.41) is 9.38. The van der Waals surface area contributed by atoms with Gasteiger partial charge in [-0.05, 0) is 75.6 Å². The third-order valence-electron chi connectivity index (χ3n) is 10.0. The van der Waals surface area contributed by atoms with Crippen molar-refractivity contribution in [3.05, 3.63) is 128 Å². The fourth-order valence-electron chi connectivity index (χ4n) is 7.40. The van der Waals surface area contributed by atoms with Gasteiger partial charge in [0, 0.05) is 23.8 Å². The topological polar surface area (TPSA) is 156 Å². The van der Waals surface area contributed by atoms with Crippen LogP contribution in [0.4, 0.5) is 0 Å². The molecule has 1 N–H and O–H groups in total. The highest BCUT2D eigenvalue weighted by atomic mass is 31.2. The molecule has 2 fully saturated rings. The van der Waals surface area contributed by atoms with Crippen molar-refractivity contribution < 1.29 is 37.5 Å². The lowest BCUT2D eigenvalue weighted by Gasteiger charge is -2.43. The summed E-state index contributed by atoms with van der Waals surface area (Å²) < 4.78 is 55.1. The van der Waals surface area contributed by atoms with Gasteiger partial charge in [0.15, 0.2) is 6.23 Å². The molecule has 2 aliphatic rings. The summed E-state index contributed by atoms with van der Waals surface area (Å²) in [6.45, 7) is 10.0. The number of aryl methyl sites for hydroxylation is 1. The minimum atomic E-state index is -1.86. The lowest BCUT2D eigenvalue weighted by molar-refractivity contribution is -0.327. The number of aromatic amines is 1. The molecular formula is C42H51N4O10P. The van der Waals surface area contributed by atoms with E-state index >= 15 is 0 Å². The second kappa shape index (κ2) is 18.4. The number of nitrogens with zero attached hydrogens (tertiary/aromatic N) is 3. The molecule has 1 aromatic heterocycles. The van der Waals surface area contributed by atoms with Crippen molar-refractivity contribution >= 4 is 8.53 Å². The number of methoxy groups -OCH3 is 2. The molecule has 2 saturated heterocycles. The van der Waals surface area contributed by atoms with E-state index in [9.17, 15) is 14.9 Å². The van der Waals surface area contributed by atoms with Crippen molar-refractivity contribution in [2.45, 2.75) is 82.9 Å². The van der Waals surface area contributed by atoms with Crippen LogP contribution >= 0.6 is 8.53 Å². The van der Waals surface area contributed by atoms with Crippen molar-refractivity contribution in [3.8, 4) is 17.6 Å². The van der Waals surface area contributed by atoms with Gasteiger partial charge in [-0.25, -0.2) is 9.46 Å². The van der Waals surface area contributed by atoms with Gasteiger partial charge in [0.2, 0.25) is 5.79 Å². The molecule has 14 nitrogen and oxygen atoms in total. The Morgan fingerprint density at radius 3 is 2.09 bits per heavy atom. The number of rotatable bonds is 17. The summed E-state index contributed by atoms with van der Waals surface area (Å²) in [7, 11) is 1.37. The van der Waals surface area contributed by atoms with Crippen LogP contribution in [0.25, 0.3) is 0 Å². The zero-order valence-corrected chi connectivity index (χ0v) is 34.3. The van der Waals surface area contributed by atoms with Crippen LogP contribution in [0, 0.1) is 18.3 Å². The summed E-state index contributed by atoms with van der Waals surface area (Å²) in [6.07, 6.45) is -1.55. The molecule has 6 rings (SSSR count). The molecule has 0 aliphatic carbocycles. The molecule has 57 heavy (non-hydrogen) atoms. The Hall–Kier alpha value is -4.42. The molecule has 0 saturated carbocycles. The molecule has 5 atom stereocenters. The lowest BCUT2D eigenvalue weighted by Crippen LogP contribution is -2.56. The van der Waals surface area contributed by atoms with Crippen molar-refractivity contribution in [1.29, 1.82) is 5.26 Å². The monoisotopic (exact) mass is 802 g/mol. The van der Waals surface area contributed by atoms with Crippen molar-refractivity contribution in [3.63, 3.8) is 0 Å². The van der Waals surface area contributed by atoms with Crippen LogP contribution in [-0.2, 0) is 33.6 Å². The number of hydrogen-bond acceptors (Lipinski definition) is 12. The first-order valence-electron chi connectivity index (χ1n) is 19.0. The second-order valence-electron chi connectivity index (χ2n) is 14.3. The summed E-state index contributed by atoms with van der Waals surface area (Å²) in [5.74, 6) is -0.288. The average molecular weight is 803 g/mol. The fourth-order valence-corrected chi connectivity index (χ4v) is 9.13. The van der Waals surface area contributed by atoms with E-state index in [0.717, 1.165) is 16.7 Å². The normalized spacial score (nSPS) is 21.4. The van der Waals surface area contributed by atoms with Gasteiger partial charge < -0.3 is 37.5 Å². The number of fused-ring (bicyclic) bond motifs is 1. The number of nitrogens with one attached hydrogen (secondary N) is 1. The number of H-pyrrole nitrogens is 1. The smallest absolute Gasteiger partial charge is 0.330 e. The molecule has 0 amide bonds. The van der Waals surface area contributed by atoms with Crippen LogP contribution in [0.2, 0.25) is 0 Å². The van der Waals surface area contributed by atoms with Gasteiger partial charge in [0.1, 0.15) is 35.9 Å². The van der Waals surface area contributed by atoms with Gasteiger partial charge >= 0.3 is 5.69 Å². The Balaban J connectivity index is 1.50. The molecule has 0 radical (unpaired) electrons. The van der Waals surface area contributed by atoms with Crippen LogP contribution < -0.4 is 20.7 Å². The summed E-state index contributed by atoms with van der Waals surface area (Å²) in [5.41, 5.74) is 0.222. The third-order valence-corrected chi connectivity index (χ3v) is 12.1. The van der Waals surface area contributed by atoms with Crippen molar-refractivity contribution in [2.75, 3.05) is 40.6 Å². The summed E-state index contributed by atoms with van der Waals surface area (Å²) >= 11 is 0. The van der Waals surface area contributed by atoms with Gasteiger partial charge in [-0.2, -0.15) is 5.26 Å². The number of nitriles is 1. The van der Waals surface area contributed by atoms with Crippen molar-refractivity contribution in [1.82, 2.24) is 14.2 Å². The highest BCUT2D eigenvalue weighted by molar-refractivity contribution is 7.44. The lowest BCUT2D eigenvalue weighted by atomic mass is 9.80. The first-order valence-corrected chi connectivity index (χ1v) is 20.1. The van der Waals surface area contributed by atoms with Crippen LogP contribution in [0.5, 0.6) is 11.5 Å². The quantitative estimate of drug-likeness (QED) is 0.0737.